The summed E-state index contributed by atoms with van der Waals surface area (Å²) in [4.78, 5) is 4.06. The molecule has 2 heterocycles. The molecule has 0 unspecified atom stereocenters. The second kappa shape index (κ2) is 5.42. The van der Waals surface area contributed by atoms with Crippen LogP contribution >= 0.6 is 0 Å². The van der Waals surface area contributed by atoms with Gasteiger partial charge in [-0.05, 0) is 12.1 Å². The number of nitriles is 2. The van der Waals surface area contributed by atoms with Crippen molar-refractivity contribution in [1.82, 2.24) is 14.6 Å². The van der Waals surface area contributed by atoms with Crippen LogP contribution in [0.4, 0.5) is 23.0 Å². The van der Waals surface area contributed by atoms with Crippen molar-refractivity contribution in [3.05, 3.63) is 41.6 Å². The van der Waals surface area contributed by atoms with E-state index in [1.54, 1.807) is 12.1 Å². The number of nitrogens with two attached hydrogens (primary N) is 2. The number of azo groups is 1. The molecule has 4 N–H and O–H groups in total. The van der Waals surface area contributed by atoms with Crippen LogP contribution in [0.25, 0.3) is 5.65 Å². The second-order valence-corrected chi connectivity index (χ2v) is 4.45. The molecule has 0 aliphatic rings. The molecule has 0 atom stereocenters. The summed E-state index contributed by atoms with van der Waals surface area (Å²) in [6, 6.07) is 12.7. The van der Waals surface area contributed by atoms with E-state index in [4.69, 9.17) is 16.7 Å². The number of anilines is 2. The highest BCUT2D eigenvalue weighted by molar-refractivity contribution is 5.78. The number of nitrogen functional groups attached to an aromatic ring is 2. The molecule has 9 heteroatoms. The fraction of sp³-hybridized carbons (Fsp3) is 0. The minimum Gasteiger partial charge on any atom is -0.382 e. The van der Waals surface area contributed by atoms with Crippen molar-refractivity contribution in [2.45, 2.75) is 0 Å². The molecule has 110 valence electrons. The minimum atomic E-state index is -0.0902. The third kappa shape index (κ3) is 2.28. The van der Waals surface area contributed by atoms with E-state index < -0.39 is 0 Å². The van der Waals surface area contributed by atoms with E-state index in [2.05, 4.69) is 20.3 Å². The van der Waals surface area contributed by atoms with Crippen LogP contribution in [0.5, 0.6) is 0 Å². The van der Waals surface area contributed by atoms with E-state index in [0.717, 1.165) is 4.52 Å². The predicted molar refractivity (Wildman–Crippen MR) is 81.9 cm³/mol. The Kier molecular flexibility index (Phi) is 3.30. The molecule has 2 aromatic heterocycles. The number of hydrogen-bond acceptors (Lipinski definition) is 8. The lowest BCUT2D eigenvalue weighted by Gasteiger charge is -2.01. The Bertz CT molecular complexity index is 1000. The van der Waals surface area contributed by atoms with Gasteiger partial charge in [-0.25, -0.2) is 4.98 Å². The van der Waals surface area contributed by atoms with Crippen molar-refractivity contribution in [1.29, 1.82) is 10.5 Å². The van der Waals surface area contributed by atoms with Gasteiger partial charge in [0.05, 0.1) is 5.69 Å². The van der Waals surface area contributed by atoms with Gasteiger partial charge in [0.1, 0.15) is 23.5 Å². The summed E-state index contributed by atoms with van der Waals surface area (Å²) in [5, 5.41) is 30.4. The molecule has 23 heavy (non-hydrogen) atoms. The summed E-state index contributed by atoms with van der Waals surface area (Å²) in [6.07, 6.45) is 0. The van der Waals surface area contributed by atoms with Crippen LogP contribution in [0.3, 0.4) is 0 Å². The Hall–Kier alpha value is -3.98. The first kappa shape index (κ1) is 14.0. The van der Waals surface area contributed by atoms with Gasteiger partial charge in [-0.3, -0.25) is 0 Å². The van der Waals surface area contributed by atoms with Crippen molar-refractivity contribution in [3.8, 4) is 12.1 Å². The first-order valence-corrected chi connectivity index (χ1v) is 6.40. The van der Waals surface area contributed by atoms with Gasteiger partial charge < -0.3 is 11.5 Å². The third-order valence-corrected chi connectivity index (χ3v) is 3.03. The van der Waals surface area contributed by atoms with Crippen molar-refractivity contribution in [3.63, 3.8) is 0 Å². The Balaban J connectivity index is 2.22. The largest absolute Gasteiger partial charge is 0.382 e. The quantitative estimate of drug-likeness (QED) is 0.690. The molecule has 1 aromatic carbocycles. The molecule has 3 rings (SSSR count). The first-order chi connectivity index (χ1) is 11.2. The van der Waals surface area contributed by atoms with E-state index >= 15 is 0 Å². The van der Waals surface area contributed by atoms with Crippen LogP contribution in [0.1, 0.15) is 11.3 Å². The molecule has 0 amide bonds. The minimum absolute atomic E-state index is 0.0307. The summed E-state index contributed by atoms with van der Waals surface area (Å²) >= 11 is 0. The Morgan fingerprint density at radius 2 is 1.74 bits per heavy atom. The zero-order valence-electron chi connectivity index (χ0n) is 11.7. The molecule has 3 aromatic rings. The molecular weight excluding hydrogens is 294 g/mol. The lowest BCUT2D eigenvalue weighted by atomic mass is 10.2. The topological polar surface area (TPSA) is 155 Å². The van der Waals surface area contributed by atoms with Gasteiger partial charge in [0, 0.05) is 0 Å². The van der Waals surface area contributed by atoms with Gasteiger partial charge in [-0.1, -0.05) is 18.2 Å². The van der Waals surface area contributed by atoms with Crippen LogP contribution in [-0.4, -0.2) is 14.6 Å². The molecule has 0 radical (unpaired) electrons. The smallest absolute Gasteiger partial charge is 0.188 e. The highest BCUT2D eigenvalue weighted by Gasteiger charge is 2.19. The van der Waals surface area contributed by atoms with E-state index in [9.17, 15) is 5.26 Å². The number of benzene rings is 1. The highest BCUT2D eigenvalue weighted by atomic mass is 15.3. The van der Waals surface area contributed by atoms with Crippen LogP contribution in [0.2, 0.25) is 0 Å². The van der Waals surface area contributed by atoms with Crippen LogP contribution in [-0.2, 0) is 0 Å². The predicted octanol–water partition coefficient (Wildman–Crippen LogP) is 2.05. The number of aromatic nitrogens is 3. The van der Waals surface area contributed by atoms with E-state index in [0.29, 0.717) is 5.69 Å². The fourth-order valence-corrected chi connectivity index (χ4v) is 1.98. The van der Waals surface area contributed by atoms with Crippen molar-refractivity contribution in [2.75, 3.05) is 11.5 Å². The lowest BCUT2D eigenvalue weighted by Crippen LogP contribution is -2.05. The van der Waals surface area contributed by atoms with Gasteiger partial charge >= 0.3 is 0 Å². The van der Waals surface area contributed by atoms with Gasteiger partial charge in [0.25, 0.3) is 0 Å². The van der Waals surface area contributed by atoms with Crippen LogP contribution < -0.4 is 11.5 Å². The summed E-state index contributed by atoms with van der Waals surface area (Å²) in [5.74, 6) is -0.0595. The summed E-state index contributed by atoms with van der Waals surface area (Å²) in [7, 11) is 0. The lowest BCUT2D eigenvalue weighted by molar-refractivity contribution is 0.923. The molecule has 0 saturated heterocycles. The van der Waals surface area contributed by atoms with Crippen molar-refractivity contribution in [2.24, 2.45) is 10.2 Å². The Morgan fingerprint density at radius 3 is 2.39 bits per heavy atom. The van der Waals surface area contributed by atoms with Crippen LogP contribution in [0.15, 0.2) is 40.6 Å². The number of fused-ring (bicyclic) bond motifs is 1. The summed E-state index contributed by atoms with van der Waals surface area (Å²) < 4.78 is 1.14. The molecule has 9 nitrogen and oxygen atoms in total. The SMILES string of the molecule is N#Cc1c(N)nc2c(N=Nc3ccccc3)c(N)nn2c1C#N. The fourth-order valence-electron chi connectivity index (χ4n) is 1.98. The van der Waals surface area contributed by atoms with E-state index in [1.165, 1.54) is 0 Å². The maximum absolute atomic E-state index is 9.24. The summed E-state index contributed by atoms with van der Waals surface area (Å²) in [6.45, 7) is 0. The maximum Gasteiger partial charge on any atom is 0.188 e. The first-order valence-electron chi connectivity index (χ1n) is 6.40. The van der Waals surface area contributed by atoms with Gasteiger partial charge in [-0.2, -0.15) is 20.2 Å². The number of nitrogens with zero attached hydrogens (tertiary/aromatic N) is 7. The van der Waals surface area contributed by atoms with E-state index in [-0.39, 0.29) is 34.2 Å². The number of rotatable bonds is 2. The van der Waals surface area contributed by atoms with Gasteiger partial charge in [0.2, 0.25) is 0 Å². The normalized spacial score (nSPS) is 10.7. The highest BCUT2D eigenvalue weighted by Crippen LogP contribution is 2.30. The van der Waals surface area contributed by atoms with Crippen molar-refractivity contribution >= 4 is 28.7 Å². The standard InChI is InChI=1S/C14H9N9/c15-6-9-10(7-16)23-14(19-12(9)17)11(13(18)22-23)21-20-8-4-2-1-3-5-8/h1-5H,(H2,17,19)(H2,18,22). The van der Waals surface area contributed by atoms with Crippen LogP contribution in [0, 0.1) is 22.7 Å². The molecule has 0 bridgehead atoms. The molecule has 0 spiro atoms. The molecule has 0 fully saturated rings. The van der Waals surface area contributed by atoms with Crippen molar-refractivity contribution < 1.29 is 0 Å². The Labute approximate surface area is 130 Å². The summed E-state index contributed by atoms with van der Waals surface area (Å²) in [5.41, 5.74) is 12.4. The van der Waals surface area contributed by atoms with Gasteiger partial charge in [-0.15, -0.1) is 10.2 Å². The van der Waals surface area contributed by atoms with Gasteiger partial charge in [0.15, 0.2) is 22.8 Å². The molecule has 0 saturated carbocycles. The third-order valence-electron chi connectivity index (χ3n) is 3.03. The second-order valence-electron chi connectivity index (χ2n) is 4.45. The maximum atomic E-state index is 9.24. The number of hydrogen-bond donors (Lipinski definition) is 2. The Morgan fingerprint density at radius 1 is 1.00 bits per heavy atom. The molecule has 0 aliphatic heterocycles. The average Bonchev–Trinajstić information content (AvgIpc) is 2.87. The van der Waals surface area contributed by atoms with E-state index in [1.807, 2.05) is 30.3 Å². The average molecular weight is 303 g/mol. The monoisotopic (exact) mass is 303 g/mol. The zero-order chi connectivity index (χ0) is 16.4. The molecular formula is C14H9N9. The zero-order valence-corrected chi connectivity index (χ0v) is 11.7. The molecule has 0 aliphatic carbocycles.